The molecule has 2 rings (SSSR count). The maximum absolute atomic E-state index is 12.0. The van der Waals surface area contributed by atoms with Crippen LogP contribution in [0.15, 0.2) is 32.8 Å². The van der Waals surface area contributed by atoms with Crippen LogP contribution in [0.4, 0.5) is 0 Å². The van der Waals surface area contributed by atoms with E-state index in [1.807, 2.05) is 6.07 Å². The minimum atomic E-state index is -0.669. The highest BCUT2D eigenvalue weighted by Gasteiger charge is 2.37. The predicted molar refractivity (Wildman–Crippen MR) is 75.2 cm³/mol. The van der Waals surface area contributed by atoms with Gasteiger partial charge < -0.3 is 15.2 Å². The molecule has 1 aromatic heterocycles. The largest absolute Gasteiger partial charge is 0.466 e. The molecule has 1 atom stereocenters. The van der Waals surface area contributed by atoms with Crippen LogP contribution in [-0.2, 0) is 14.3 Å². The zero-order valence-corrected chi connectivity index (χ0v) is 13.0. The Hall–Kier alpha value is -1.85. The fourth-order valence-electron chi connectivity index (χ4n) is 1.90. The molecule has 0 saturated carbocycles. The summed E-state index contributed by atoms with van der Waals surface area (Å²) in [5, 5.41) is 11.6. The molecule has 0 aromatic carbocycles. The molecule has 20 heavy (non-hydrogen) atoms. The Labute approximate surface area is 127 Å². The second-order valence-electron chi connectivity index (χ2n) is 3.89. The molecule has 8 heteroatoms. The highest BCUT2D eigenvalue weighted by Crippen LogP contribution is 2.40. The summed E-state index contributed by atoms with van der Waals surface area (Å²) in [7, 11) is 1.27. The quantitative estimate of drug-likeness (QED) is 0.816. The lowest BCUT2D eigenvalue weighted by Crippen LogP contribution is -2.24. The SMILES string of the molecule is COC(=O)C1=C(C)OC(N)=C(C#N)C1c1nc(Br)cs1. The number of rotatable bonds is 2. The minimum absolute atomic E-state index is 0.0195. The van der Waals surface area contributed by atoms with Crippen molar-refractivity contribution in [3.05, 3.63) is 37.8 Å². The minimum Gasteiger partial charge on any atom is -0.466 e. The first kappa shape index (κ1) is 14.6. The van der Waals surface area contributed by atoms with Crippen molar-refractivity contribution in [2.45, 2.75) is 12.8 Å². The van der Waals surface area contributed by atoms with Gasteiger partial charge in [0.15, 0.2) is 0 Å². The van der Waals surface area contributed by atoms with Gasteiger partial charge in [-0.3, -0.25) is 0 Å². The molecule has 6 nitrogen and oxygen atoms in total. The molecule has 1 aliphatic heterocycles. The van der Waals surface area contributed by atoms with Crippen molar-refractivity contribution in [2.24, 2.45) is 5.73 Å². The lowest BCUT2D eigenvalue weighted by Gasteiger charge is -2.24. The third-order valence-corrected chi connectivity index (χ3v) is 4.37. The zero-order chi connectivity index (χ0) is 14.9. The van der Waals surface area contributed by atoms with Crippen LogP contribution in [0, 0.1) is 11.3 Å². The van der Waals surface area contributed by atoms with Gasteiger partial charge in [-0.05, 0) is 22.9 Å². The third-order valence-electron chi connectivity index (χ3n) is 2.75. The van der Waals surface area contributed by atoms with Crippen LogP contribution in [-0.4, -0.2) is 18.1 Å². The summed E-state index contributed by atoms with van der Waals surface area (Å²) in [6.45, 7) is 1.60. The van der Waals surface area contributed by atoms with Crippen LogP contribution in [0.3, 0.4) is 0 Å². The van der Waals surface area contributed by atoms with Gasteiger partial charge in [-0.2, -0.15) is 5.26 Å². The van der Waals surface area contributed by atoms with E-state index in [-0.39, 0.29) is 17.0 Å². The molecule has 2 heterocycles. The molecular formula is C12H10BrN3O3S. The van der Waals surface area contributed by atoms with Crippen LogP contribution in [0.2, 0.25) is 0 Å². The number of hydrogen-bond donors (Lipinski definition) is 1. The number of nitrogens with two attached hydrogens (primary N) is 1. The number of ether oxygens (including phenoxy) is 2. The summed E-state index contributed by atoms with van der Waals surface area (Å²) in [5.74, 6) is -0.949. The molecule has 0 aliphatic carbocycles. The molecule has 1 aromatic rings. The van der Waals surface area contributed by atoms with Crippen molar-refractivity contribution in [3.63, 3.8) is 0 Å². The van der Waals surface area contributed by atoms with E-state index >= 15 is 0 Å². The number of hydrogen-bond acceptors (Lipinski definition) is 7. The van der Waals surface area contributed by atoms with Gasteiger partial charge in [0.05, 0.1) is 18.6 Å². The maximum Gasteiger partial charge on any atom is 0.338 e. The molecule has 1 unspecified atom stereocenters. The van der Waals surface area contributed by atoms with Gasteiger partial charge in [0.25, 0.3) is 0 Å². The van der Waals surface area contributed by atoms with E-state index < -0.39 is 11.9 Å². The average molecular weight is 356 g/mol. The number of allylic oxidation sites excluding steroid dienone is 2. The number of aromatic nitrogens is 1. The molecule has 2 N–H and O–H groups in total. The molecular weight excluding hydrogens is 346 g/mol. The molecule has 104 valence electrons. The molecule has 0 spiro atoms. The van der Waals surface area contributed by atoms with Crippen molar-refractivity contribution in [1.29, 1.82) is 5.26 Å². The number of nitrogens with zero attached hydrogens (tertiary/aromatic N) is 2. The average Bonchev–Trinajstić information content (AvgIpc) is 2.83. The number of carbonyl (C=O) groups excluding carboxylic acids is 1. The summed E-state index contributed by atoms with van der Waals surface area (Å²) in [5.41, 5.74) is 6.12. The van der Waals surface area contributed by atoms with Crippen molar-refractivity contribution < 1.29 is 14.3 Å². The number of esters is 1. The van der Waals surface area contributed by atoms with Crippen LogP contribution >= 0.6 is 27.3 Å². The van der Waals surface area contributed by atoms with Crippen LogP contribution < -0.4 is 5.73 Å². The number of carbonyl (C=O) groups is 1. The van der Waals surface area contributed by atoms with E-state index in [0.717, 1.165) is 0 Å². The van der Waals surface area contributed by atoms with Gasteiger partial charge in [-0.25, -0.2) is 9.78 Å². The van der Waals surface area contributed by atoms with Gasteiger partial charge in [0, 0.05) is 5.38 Å². The number of thiazole rings is 1. The van der Waals surface area contributed by atoms with Crippen molar-refractivity contribution in [3.8, 4) is 6.07 Å². The van der Waals surface area contributed by atoms with E-state index in [1.54, 1.807) is 12.3 Å². The van der Waals surface area contributed by atoms with Crippen molar-refractivity contribution in [2.75, 3.05) is 7.11 Å². The first-order valence-electron chi connectivity index (χ1n) is 5.47. The molecule has 0 radical (unpaired) electrons. The third kappa shape index (κ3) is 2.42. The molecule has 1 aliphatic rings. The van der Waals surface area contributed by atoms with Crippen molar-refractivity contribution >= 4 is 33.2 Å². The second kappa shape index (κ2) is 5.64. The monoisotopic (exact) mass is 355 g/mol. The van der Waals surface area contributed by atoms with Gasteiger partial charge in [0.2, 0.25) is 5.88 Å². The molecule has 0 fully saturated rings. The first-order chi connectivity index (χ1) is 9.49. The van der Waals surface area contributed by atoms with Crippen LogP contribution in [0.5, 0.6) is 0 Å². The van der Waals surface area contributed by atoms with Gasteiger partial charge in [-0.1, -0.05) is 0 Å². The second-order valence-corrected chi connectivity index (χ2v) is 5.60. The predicted octanol–water partition coefficient (Wildman–Crippen LogP) is 2.16. The lowest BCUT2D eigenvalue weighted by molar-refractivity contribution is -0.136. The van der Waals surface area contributed by atoms with Gasteiger partial charge in [0.1, 0.15) is 27.0 Å². The Balaban J connectivity index is 2.62. The van der Waals surface area contributed by atoms with Crippen LogP contribution in [0.1, 0.15) is 17.8 Å². The number of halogens is 1. The van der Waals surface area contributed by atoms with Gasteiger partial charge >= 0.3 is 5.97 Å². The summed E-state index contributed by atoms with van der Waals surface area (Å²) in [6, 6.07) is 1.98. The highest BCUT2D eigenvalue weighted by molar-refractivity contribution is 9.10. The highest BCUT2D eigenvalue weighted by atomic mass is 79.9. The fourth-order valence-corrected chi connectivity index (χ4v) is 3.28. The molecule has 0 bridgehead atoms. The number of methoxy groups -OCH3 is 1. The standard InChI is InChI=1S/C12H10BrN3O3S/c1-5-8(12(17)18-2)9(6(3-14)10(15)19-5)11-16-7(13)4-20-11/h4,9H,15H2,1-2H3. The zero-order valence-electron chi connectivity index (χ0n) is 10.6. The number of nitriles is 1. The van der Waals surface area contributed by atoms with Crippen molar-refractivity contribution in [1.82, 2.24) is 4.98 Å². The fraction of sp³-hybridized carbons (Fsp3) is 0.250. The van der Waals surface area contributed by atoms with E-state index in [2.05, 4.69) is 20.9 Å². The lowest BCUT2D eigenvalue weighted by atomic mass is 9.89. The summed E-state index contributed by atoms with van der Waals surface area (Å²) in [6.07, 6.45) is 0. The van der Waals surface area contributed by atoms with E-state index in [4.69, 9.17) is 15.2 Å². The van der Waals surface area contributed by atoms with Gasteiger partial charge in [-0.15, -0.1) is 11.3 Å². The summed E-state index contributed by atoms with van der Waals surface area (Å²) >= 11 is 4.57. The first-order valence-corrected chi connectivity index (χ1v) is 7.14. The smallest absolute Gasteiger partial charge is 0.338 e. The molecule has 0 saturated heterocycles. The van der Waals surface area contributed by atoms with Crippen LogP contribution in [0.25, 0.3) is 0 Å². The Morgan fingerprint density at radius 2 is 2.40 bits per heavy atom. The summed E-state index contributed by atoms with van der Waals surface area (Å²) in [4.78, 5) is 16.2. The Morgan fingerprint density at radius 3 is 2.90 bits per heavy atom. The Morgan fingerprint density at radius 1 is 1.70 bits per heavy atom. The molecule has 0 amide bonds. The maximum atomic E-state index is 12.0. The topological polar surface area (TPSA) is 98.2 Å². The van der Waals surface area contributed by atoms with E-state index in [1.165, 1.54) is 18.4 Å². The van der Waals surface area contributed by atoms with E-state index in [0.29, 0.717) is 15.4 Å². The summed E-state index contributed by atoms with van der Waals surface area (Å²) < 4.78 is 10.7. The Bertz CT molecular complexity index is 672. The van der Waals surface area contributed by atoms with E-state index in [9.17, 15) is 10.1 Å². The normalized spacial score (nSPS) is 18.6. The Kier molecular flexibility index (Phi) is 4.11.